The summed E-state index contributed by atoms with van der Waals surface area (Å²) in [7, 11) is 1.64. The number of methoxy groups -OCH3 is 4. The molecule has 33 heavy (non-hydrogen) atoms. The van der Waals surface area contributed by atoms with E-state index in [2.05, 4.69) is 0 Å². The monoisotopic (exact) mass is 486 g/mol. The highest BCUT2D eigenvalue weighted by molar-refractivity contribution is 7.89. The van der Waals surface area contributed by atoms with E-state index in [-0.39, 0.29) is 30.3 Å². The minimum absolute atomic E-state index is 0.0838. The molecule has 3 rings (SSSR count). The maximum atomic E-state index is 14.8. The minimum Gasteiger partial charge on any atom is -0.493 e. The SMILES string of the molecule is COc1ccc(CN2CCN(S(=O)(=O)c3ccc(OC)c(OC)c3)CC(F)(F)C2)cc1OC. The fourth-order valence-electron chi connectivity index (χ4n) is 3.75. The van der Waals surface area contributed by atoms with Gasteiger partial charge in [0.2, 0.25) is 10.0 Å². The van der Waals surface area contributed by atoms with Crippen molar-refractivity contribution in [3.63, 3.8) is 0 Å². The maximum absolute atomic E-state index is 14.8. The lowest BCUT2D eigenvalue weighted by Crippen LogP contribution is -2.41. The van der Waals surface area contributed by atoms with Gasteiger partial charge in [-0.25, -0.2) is 17.2 Å². The number of ether oxygens (including phenoxy) is 4. The number of alkyl halides is 2. The van der Waals surface area contributed by atoms with Crippen LogP contribution < -0.4 is 18.9 Å². The Hall–Kier alpha value is -2.63. The van der Waals surface area contributed by atoms with Gasteiger partial charge in [0.15, 0.2) is 23.0 Å². The van der Waals surface area contributed by atoms with Gasteiger partial charge in [0, 0.05) is 25.7 Å². The Morgan fingerprint density at radius 1 is 0.818 bits per heavy atom. The Morgan fingerprint density at radius 2 is 1.39 bits per heavy atom. The van der Waals surface area contributed by atoms with Gasteiger partial charge in [-0.05, 0) is 29.8 Å². The van der Waals surface area contributed by atoms with Crippen molar-refractivity contribution < 1.29 is 36.1 Å². The molecule has 0 spiro atoms. The number of nitrogens with zero attached hydrogens (tertiary/aromatic N) is 2. The number of sulfonamides is 1. The molecule has 8 nitrogen and oxygen atoms in total. The van der Waals surface area contributed by atoms with Crippen LogP contribution >= 0.6 is 0 Å². The molecule has 0 aromatic heterocycles. The number of rotatable bonds is 8. The van der Waals surface area contributed by atoms with Crippen LogP contribution in [-0.4, -0.2) is 78.2 Å². The zero-order valence-corrected chi connectivity index (χ0v) is 19.8. The van der Waals surface area contributed by atoms with Gasteiger partial charge in [0.1, 0.15) is 0 Å². The van der Waals surface area contributed by atoms with Crippen LogP contribution in [0.3, 0.4) is 0 Å². The minimum atomic E-state index is -4.18. The molecule has 0 unspecified atom stereocenters. The summed E-state index contributed by atoms with van der Waals surface area (Å²) in [5.41, 5.74) is 0.750. The zero-order chi connectivity index (χ0) is 24.2. The quantitative estimate of drug-likeness (QED) is 0.568. The molecule has 1 fully saturated rings. The second-order valence-corrected chi connectivity index (χ2v) is 9.55. The summed E-state index contributed by atoms with van der Waals surface area (Å²) in [6.45, 7) is -1.22. The van der Waals surface area contributed by atoms with Crippen LogP contribution in [0.2, 0.25) is 0 Å². The van der Waals surface area contributed by atoms with E-state index in [1.807, 2.05) is 0 Å². The molecule has 0 bridgehead atoms. The average Bonchev–Trinajstić information content (AvgIpc) is 2.95. The summed E-state index contributed by atoms with van der Waals surface area (Å²) < 4.78 is 77.5. The zero-order valence-electron chi connectivity index (χ0n) is 19.0. The van der Waals surface area contributed by atoms with E-state index in [1.165, 1.54) is 51.5 Å². The average molecular weight is 487 g/mol. The first kappa shape index (κ1) is 25.0. The molecule has 0 radical (unpaired) electrons. The fraction of sp³-hybridized carbons (Fsp3) is 0.455. The van der Waals surface area contributed by atoms with Gasteiger partial charge in [-0.3, -0.25) is 4.90 Å². The van der Waals surface area contributed by atoms with Crippen LogP contribution in [0.25, 0.3) is 0 Å². The van der Waals surface area contributed by atoms with E-state index < -0.39 is 29.0 Å². The lowest BCUT2D eigenvalue weighted by atomic mass is 10.1. The first-order valence-corrected chi connectivity index (χ1v) is 11.6. The van der Waals surface area contributed by atoms with Crippen molar-refractivity contribution in [2.75, 3.05) is 54.6 Å². The summed E-state index contributed by atoms with van der Waals surface area (Å²) >= 11 is 0. The third-order valence-electron chi connectivity index (χ3n) is 5.38. The standard InChI is InChI=1S/C22H28F2N2O6S/c1-29-18-7-5-16(11-20(18)31-3)13-25-9-10-26(15-22(23,24)14-25)33(27,28)17-6-8-19(30-2)21(12-17)32-4/h5-8,11-12H,9-10,13-15H2,1-4H3. The van der Waals surface area contributed by atoms with Gasteiger partial charge in [-0.2, -0.15) is 4.31 Å². The normalized spacial score (nSPS) is 17.3. The molecule has 0 amide bonds. The summed E-state index contributed by atoms with van der Waals surface area (Å²) in [5, 5.41) is 0. The molecule has 11 heteroatoms. The lowest BCUT2D eigenvalue weighted by Gasteiger charge is -2.24. The predicted octanol–water partition coefficient (Wildman–Crippen LogP) is 2.86. The molecule has 0 saturated carbocycles. The van der Waals surface area contributed by atoms with Gasteiger partial charge in [-0.1, -0.05) is 6.07 Å². The lowest BCUT2D eigenvalue weighted by molar-refractivity contribution is -0.0292. The highest BCUT2D eigenvalue weighted by Crippen LogP contribution is 2.33. The number of benzene rings is 2. The van der Waals surface area contributed by atoms with Crippen molar-refractivity contribution in [1.82, 2.24) is 9.21 Å². The first-order valence-electron chi connectivity index (χ1n) is 10.2. The van der Waals surface area contributed by atoms with Crippen molar-refractivity contribution >= 4 is 10.0 Å². The Labute approximate surface area is 192 Å². The second-order valence-electron chi connectivity index (χ2n) is 7.61. The molecule has 2 aromatic carbocycles. The van der Waals surface area contributed by atoms with Gasteiger partial charge >= 0.3 is 0 Å². The van der Waals surface area contributed by atoms with Gasteiger partial charge in [-0.15, -0.1) is 0 Å². The molecule has 182 valence electrons. The van der Waals surface area contributed by atoms with E-state index in [9.17, 15) is 17.2 Å². The van der Waals surface area contributed by atoms with Crippen molar-refractivity contribution in [3.8, 4) is 23.0 Å². The maximum Gasteiger partial charge on any atom is 0.274 e. The number of hydrogen-bond donors (Lipinski definition) is 0. The molecule has 0 N–H and O–H groups in total. The molecule has 1 heterocycles. The highest BCUT2D eigenvalue weighted by Gasteiger charge is 2.41. The summed E-state index contributed by atoms with van der Waals surface area (Å²) in [6, 6.07) is 9.23. The highest BCUT2D eigenvalue weighted by atomic mass is 32.2. The summed E-state index contributed by atoms with van der Waals surface area (Å²) in [6.07, 6.45) is 0. The van der Waals surface area contributed by atoms with Crippen LogP contribution in [0, 0.1) is 0 Å². The Bertz CT molecular complexity index is 1080. The van der Waals surface area contributed by atoms with Crippen LogP contribution in [0.5, 0.6) is 23.0 Å². The van der Waals surface area contributed by atoms with E-state index >= 15 is 0 Å². The Balaban J connectivity index is 1.81. The van der Waals surface area contributed by atoms with E-state index in [0.717, 1.165) is 9.87 Å². The third kappa shape index (κ3) is 5.66. The van der Waals surface area contributed by atoms with Gasteiger partial charge in [0.05, 0.1) is 46.4 Å². The smallest absolute Gasteiger partial charge is 0.274 e. The Kier molecular flexibility index (Phi) is 7.65. The molecule has 1 saturated heterocycles. The number of halogens is 2. The van der Waals surface area contributed by atoms with Crippen molar-refractivity contribution in [1.29, 1.82) is 0 Å². The molecule has 0 aliphatic carbocycles. The first-order chi connectivity index (χ1) is 15.6. The molecule has 1 aliphatic rings. The van der Waals surface area contributed by atoms with Gasteiger partial charge in [0.25, 0.3) is 5.92 Å². The second kappa shape index (κ2) is 10.1. The molecular formula is C22H28F2N2O6S. The van der Waals surface area contributed by atoms with Crippen LogP contribution in [0.1, 0.15) is 5.56 Å². The number of hydrogen-bond acceptors (Lipinski definition) is 7. The van der Waals surface area contributed by atoms with E-state index in [1.54, 1.807) is 18.2 Å². The van der Waals surface area contributed by atoms with Gasteiger partial charge < -0.3 is 18.9 Å². The summed E-state index contributed by atoms with van der Waals surface area (Å²) in [4.78, 5) is 1.40. The largest absolute Gasteiger partial charge is 0.493 e. The van der Waals surface area contributed by atoms with Crippen molar-refractivity contribution in [2.45, 2.75) is 17.4 Å². The van der Waals surface area contributed by atoms with Crippen molar-refractivity contribution in [3.05, 3.63) is 42.0 Å². The van der Waals surface area contributed by atoms with Crippen LogP contribution in [0.4, 0.5) is 8.78 Å². The van der Waals surface area contributed by atoms with E-state index in [0.29, 0.717) is 17.2 Å². The van der Waals surface area contributed by atoms with Crippen molar-refractivity contribution in [2.24, 2.45) is 0 Å². The topological polar surface area (TPSA) is 77.5 Å². The fourth-order valence-corrected chi connectivity index (χ4v) is 5.22. The predicted molar refractivity (Wildman–Crippen MR) is 118 cm³/mol. The Morgan fingerprint density at radius 3 is 2.00 bits per heavy atom. The molecule has 2 aromatic rings. The molecular weight excluding hydrogens is 458 g/mol. The van der Waals surface area contributed by atoms with Crippen LogP contribution in [0.15, 0.2) is 41.3 Å². The molecule has 1 aliphatic heterocycles. The van der Waals surface area contributed by atoms with E-state index in [4.69, 9.17) is 18.9 Å². The summed E-state index contributed by atoms with van der Waals surface area (Å²) in [5.74, 6) is -1.66. The third-order valence-corrected chi connectivity index (χ3v) is 7.22. The molecule has 0 atom stereocenters. The van der Waals surface area contributed by atoms with Crippen LogP contribution in [-0.2, 0) is 16.6 Å².